The molecule has 4 N–H and O–H groups in total. The van der Waals surface area contributed by atoms with Crippen LogP contribution in [0.3, 0.4) is 0 Å². The van der Waals surface area contributed by atoms with Crippen LogP contribution in [0.15, 0.2) is 28.7 Å². The number of rotatable bonds is 2. The van der Waals surface area contributed by atoms with Crippen molar-refractivity contribution >= 4 is 11.0 Å². The van der Waals surface area contributed by atoms with Crippen molar-refractivity contribution in [3.8, 4) is 0 Å². The minimum Gasteiger partial charge on any atom is -0.459 e. The van der Waals surface area contributed by atoms with Crippen molar-refractivity contribution < 1.29 is 4.42 Å². The van der Waals surface area contributed by atoms with Gasteiger partial charge < -0.3 is 15.9 Å². The fourth-order valence-corrected chi connectivity index (χ4v) is 1.44. The molecule has 0 aliphatic rings. The summed E-state index contributed by atoms with van der Waals surface area (Å²) in [5, 5.41) is 1.07. The summed E-state index contributed by atoms with van der Waals surface area (Å²) in [6, 6.07) is 7.89. The number of hydrogen-bond donors (Lipinski definition) is 2. The first kappa shape index (κ1) is 8.29. The standard InChI is InChI=1S/C10H12N2O/c11-5-8-3-1-2-7-4-9(6-12)13-10(7)8/h1-4H,5-6,11-12H2. The van der Waals surface area contributed by atoms with Gasteiger partial charge in [0.05, 0.1) is 6.54 Å². The zero-order valence-electron chi connectivity index (χ0n) is 7.29. The molecule has 13 heavy (non-hydrogen) atoms. The highest BCUT2D eigenvalue weighted by molar-refractivity contribution is 5.81. The van der Waals surface area contributed by atoms with Crippen LogP contribution in [0.25, 0.3) is 11.0 Å². The molecular weight excluding hydrogens is 164 g/mol. The lowest BCUT2D eigenvalue weighted by Gasteiger charge is -1.96. The molecule has 3 nitrogen and oxygen atoms in total. The molecule has 1 heterocycles. The first-order valence-corrected chi connectivity index (χ1v) is 4.25. The Bertz CT molecular complexity index is 420. The lowest BCUT2D eigenvalue weighted by molar-refractivity contribution is 0.549. The summed E-state index contributed by atoms with van der Waals surface area (Å²) >= 11 is 0. The normalized spacial score (nSPS) is 10.9. The molecule has 0 fully saturated rings. The maximum Gasteiger partial charge on any atom is 0.138 e. The van der Waals surface area contributed by atoms with Gasteiger partial charge in [0.25, 0.3) is 0 Å². The number of hydrogen-bond acceptors (Lipinski definition) is 3. The van der Waals surface area contributed by atoms with E-state index in [-0.39, 0.29) is 0 Å². The lowest BCUT2D eigenvalue weighted by Crippen LogP contribution is -1.95. The first-order valence-electron chi connectivity index (χ1n) is 4.25. The molecule has 0 aliphatic carbocycles. The van der Waals surface area contributed by atoms with E-state index in [1.165, 1.54) is 0 Å². The third kappa shape index (κ3) is 1.32. The van der Waals surface area contributed by atoms with Crippen molar-refractivity contribution in [3.05, 3.63) is 35.6 Å². The molecule has 0 bridgehead atoms. The Balaban J connectivity index is 2.67. The molecule has 0 saturated heterocycles. The second-order valence-electron chi connectivity index (χ2n) is 2.96. The van der Waals surface area contributed by atoms with Crippen molar-refractivity contribution in [1.82, 2.24) is 0 Å². The van der Waals surface area contributed by atoms with Crippen LogP contribution in [-0.2, 0) is 13.1 Å². The van der Waals surface area contributed by atoms with E-state index in [9.17, 15) is 0 Å². The number of para-hydroxylation sites is 1. The van der Waals surface area contributed by atoms with Gasteiger partial charge in [-0.1, -0.05) is 18.2 Å². The van der Waals surface area contributed by atoms with Gasteiger partial charge in [-0.15, -0.1) is 0 Å². The Morgan fingerprint density at radius 2 is 2.00 bits per heavy atom. The van der Waals surface area contributed by atoms with Crippen molar-refractivity contribution in [2.45, 2.75) is 13.1 Å². The zero-order chi connectivity index (χ0) is 9.26. The molecule has 1 aromatic heterocycles. The van der Waals surface area contributed by atoms with Gasteiger partial charge in [0, 0.05) is 17.5 Å². The Hall–Kier alpha value is -1.32. The smallest absolute Gasteiger partial charge is 0.138 e. The minimum atomic E-state index is 0.429. The van der Waals surface area contributed by atoms with Gasteiger partial charge in [0.2, 0.25) is 0 Å². The van der Waals surface area contributed by atoms with Gasteiger partial charge in [-0.2, -0.15) is 0 Å². The second kappa shape index (κ2) is 3.20. The van der Waals surface area contributed by atoms with E-state index in [1.807, 2.05) is 24.3 Å². The van der Waals surface area contributed by atoms with Crippen LogP contribution in [-0.4, -0.2) is 0 Å². The van der Waals surface area contributed by atoms with Gasteiger partial charge >= 0.3 is 0 Å². The molecule has 0 atom stereocenters. The third-order valence-electron chi connectivity index (χ3n) is 2.10. The van der Waals surface area contributed by atoms with Gasteiger partial charge in [-0.05, 0) is 6.07 Å². The molecular formula is C10H12N2O. The van der Waals surface area contributed by atoms with Crippen molar-refractivity contribution in [1.29, 1.82) is 0 Å². The predicted octanol–water partition coefficient (Wildman–Crippen LogP) is 1.35. The lowest BCUT2D eigenvalue weighted by atomic mass is 10.1. The third-order valence-corrected chi connectivity index (χ3v) is 2.10. The van der Waals surface area contributed by atoms with Gasteiger partial charge in [-0.25, -0.2) is 0 Å². The van der Waals surface area contributed by atoms with E-state index >= 15 is 0 Å². The predicted molar refractivity (Wildman–Crippen MR) is 52.0 cm³/mol. The average Bonchev–Trinajstić information content (AvgIpc) is 2.59. The van der Waals surface area contributed by atoms with Crippen LogP contribution in [0.2, 0.25) is 0 Å². The number of furan rings is 1. The van der Waals surface area contributed by atoms with E-state index in [0.717, 1.165) is 22.3 Å². The number of nitrogens with two attached hydrogens (primary N) is 2. The highest BCUT2D eigenvalue weighted by atomic mass is 16.3. The molecule has 3 heteroatoms. The maximum atomic E-state index is 5.58. The average molecular weight is 176 g/mol. The monoisotopic (exact) mass is 176 g/mol. The van der Waals surface area contributed by atoms with Crippen LogP contribution in [0, 0.1) is 0 Å². The zero-order valence-corrected chi connectivity index (χ0v) is 7.29. The highest BCUT2D eigenvalue weighted by Crippen LogP contribution is 2.22. The summed E-state index contributed by atoms with van der Waals surface area (Å²) in [6.45, 7) is 0.924. The SMILES string of the molecule is NCc1cc2cccc(CN)c2o1. The maximum absolute atomic E-state index is 5.58. The van der Waals surface area contributed by atoms with Crippen LogP contribution < -0.4 is 11.5 Å². The molecule has 0 unspecified atom stereocenters. The van der Waals surface area contributed by atoms with Crippen LogP contribution in [0.4, 0.5) is 0 Å². The first-order chi connectivity index (χ1) is 6.35. The van der Waals surface area contributed by atoms with Crippen LogP contribution >= 0.6 is 0 Å². The van der Waals surface area contributed by atoms with E-state index in [1.54, 1.807) is 0 Å². The summed E-state index contributed by atoms with van der Waals surface area (Å²) < 4.78 is 5.53. The van der Waals surface area contributed by atoms with Crippen LogP contribution in [0.1, 0.15) is 11.3 Å². The summed E-state index contributed by atoms with van der Waals surface area (Å²) in [5.41, 5.74) is 12.9. The molecule has 68 valence electrons. The number of benzene rings is 1. The van der Waals surface area contributed by atoms with Gasteiger partial charge in [-0.3, -0.25) is 0 Å². The Morgan fingerprint density at radius 1 is 1.15 bits per heavy atom. The Kier molecular flexibility index (Phi) is 2.04. The minimum absolute atomic E-state index is 0.429. The molecule has 0 amide bonds. The van der Waals surface area contributed by atoms with E-state index in [4.69, 9.17) is 15.9 Å². The summed E-state index contributed by atoms with van der Waals surface area (Å²) in [5.74, 6) is 0.802. The van der Waals surface area contributed by atoms with Gasteiger partial charge in [0.15, 0.2) is 0 Å². The van der Waals surface area contributed by atoms with E-state index < -0.39 is 0 Å². The van der Waals surface area contributed by atoms with Crippen molar-refractivity contribution in [2.75, 3.05) is 0 Å². The summed E-state index contributed by atoms with van der Waals surface area (Å²) in [6.07, 6.45) is 0. The largest absolute Gasteiger partial charge is 0.459 e. The summed E-state index contributed by atoms with van der Waals surface area (Å²) in [7, 11) is 0. The molecule has 2 aromatic rings. The Labute approximate surface area is 76.3 Å². The van der Waals surface area contributed by atoms with Gasteiger partial charge in [0.1, 0.15) is 11.3 Å². The second-order valence-corrected chi connectivity index (χ2v) is 2.96. The van der Waals surface area contributed by atoms with Crippen molar-refractivity contribution in [2.24, 2.45) is 11.5 Å². The van der Waals surface area contributed by atoms with Crippen molar-refractivity contribution in [3.63, 3.8) is 0 Å². The highest BCUT2D eigenvalue weighted by Gasteiger charge is 2.05. The number of fused-ring (bicyclic) bond motifs is 1. The molecule has 2 rings (SSSR count). The fourth-order valence-electron chi connectivity index (χ4n) is 1.44. The molecule has 0 aliphatic heterocycles. The van der Waals surface area contributed by atoms with Crippen LogP contribution in [0.5, 0.6) is 0 Å². The molecule has 0 saturated carbocycles. The molecule has 0 spiro atoms. The fraction of sp³-hybridized carbons (Fsp3) is 0.200. The molecule has 0 radical (unpaired) electrons. The van der Waals surface area contributed by atoms with E-state index in [0.29, 0.717) is 13.1 Å². The quantitative estimate of drug-likeness (QED) is 0.725. The Morgan fingerprint density at radius 3 is 2.69 bits per heavy atom. The van der Waals surface area contributed by atoms with E-state index in [2.05, 4.69) is 0 Å². The molecule has 1 aromatic carbocycles. The summed E-state index contributed by atoms with van der Waals surface area (Å²) in [4.78, 5) is 0. The topological polar surface area (TPSA) is 65.2 Å².